The van der Waals surface area contributed by atoms with Crippen molar-refractivity contribution in [3.8, 4) is 11.5 Å². The van der Waals surface area contributed by atoms with Crippen LogP contribution in [0.5, 0.6) is 11.5 Å². The largest absolute Gasteiger partial charge is 0.508 e. The zero-order valence-corrected chi connectivity index (χ0v) is 23.9. The molecule has 0 spiro atoms. The van der Waals surface area contributed by atoms with E-state index in [-0.39, 0.29) is 5.75 Å². The number of phenolic OH excluding ortho intramolecular Hbond substituents is 1. The average Bonchev–Trinajstić information content (AvgIpc) is 2.84. The zero-order chi connectivity index (χ0) is 28.5. The van der Waals surface area contributed by atoms with Gasteiger partial charge in [-0.05, 0) is 95.0 Å². The summed E-state index contributed by atoms with van der Waals surface area (Å²) in [7, 11) is 1.55. The summed E-state index contributed by atoms with van der Waals surface area (Å²) in [5.74, 6) is 0.434. The minimum Gasteiger partial charge on any atom is -0.508 e. The molecule has 208 valence electrons. The Morgan fingerprint density at radius 2 is 1.63 bits per heavy atom. The number of nitrogens with one attached hydrogen (secondary N) is 2. The lowest BCUT2D eigenvalue weighted by Gasteiger charge is -2.37. The molecule has 0 bridgehead atoms. The molecule has 0 radical (unpaired) electrons. The van der Waals surface area contributed by atoms with Crippen LogP contribution < -0.4 is 15.4 Å². The second-order valence-electron chi connectivity index (χ2n) is 10.0. The lowest BCUT2D eigenvalue weighted by Crippen LogP contribution is -2.54. The van der Waals surface area contributed by atoms with Crippen molar-refractivity contribution in [3.05, 3.63) is 54.1 Å². The minimum absolute atomic E-state index is 0.0370. The van der Waals surface area contributed by atoms with E-state index >= 15 is 0 Å². The van der Waals surface area contributed by atoms with Crippen molar-refractivity contribution in [2.24, 2.45) is 0 Å². The topological polar surface area (TPSA) is 117 Å². The summed E-state index contributed by atoms with van der Waals surface area (Å²) in [6, 6.07) is 10.7. The molecule has 0 fully saturated rings. The van der Waals surface area contributed by atoms with Gasteiger partial charge in [0.05, 0.1) is 7.11 Å². The number of rotatable bonds is 11. The third kappa shape index (κ3) is 9.16. The highest BCUT2D eigenvalue weighted by Crippen LogP contribution is 2.28. The van der Waals surface area contributed by atoms with Gasteiger partial charge in [-0.15, -0.1) is 0 Å². The van der Waals surface area contributed by atoms with Crippen LogP contribution in [0.2, 0.25) is 0 Å². The number of hydrogen-bond donors (Lipinski definition) is 3. The van der Waals surface area contributed by atoms with Gasteiger partial charge in [-0.1, -0.05) is 12.1 Å². The van der Waals surface area contributed by atoms with Crippen molar-refractivity contribution in [1.29, 1.82) is 0 Å². The van der Waals surface area contributed by atoms with Gasteiger partial charge >= 0.3 is 6.09 Å². The summed E-state index contributed by atoms with van der Waals surface area (Å²) in [6.07, 6.45) is 1.56. The SMILES string of the molecule is COc1ccc(NC(=O)C(c2ccc(O)cc2)N(C(=O)C(CCSC)NC(=O)OC(C)(C)C)C(C)C)cc1. The predicted octanol–water partition coefficient (Wildman–Crippen LogP) is 4.96. The molecule has 2 aromatic carbocycles. The average molecular weight is 546 g/mol. The highest BCUT2D eigenvalue weighted by molar-refractivity contribution is 7.98. The Bertz CT molecular complexity index is 1070. The Morgan fingerprint density at radius 1 is 1.03 bits per heavy atom. The molecule has 0 aliphatic heterocycles. The van der Waals surface area contributed by atoms with E-state index in [4.69, 9.17) is 9.47 Å². The van der Waals surface area contributed by atoms with Gasteiger partial charge < -0.3 is 30.1 Å². The Balaban J connectivity index is 2.47. The van der Waals surface area contributed by atoms with Crippen LogP contribution in [0.1, 0.15) is 52.6 Å². The molecule has 3 amide bonds. The molecule has 0 aliphatic carbocycles. The lowest BCUT2D eigenvalue weighted by atomic mass is 10.00. The van der Waals surface area contributed by atoms with Crippen LogP contribution in [0.3, 0.4) is 0 Å². The summed E-state index contributed by atoms with van der Waals surface area (Å²) >= 11 is 1.54. The second kappa shape index (κ2) is 13.9. The molecule has 2 rings (SSSR count). The molecule has 2 aromatic rings. The van der Waals surface area contributed by atoms with E-state index in [1.54, 1.807) is 76.0 Å². The Hall–Kier alpha value is -3.40. The normalized spacial score (nSPS) is 12.8. The second-order valence-corrected chi connectivity index (χ2v) is 11.0. The van der Waals surface area contributed by atoms with Crippen LogP contribution in [0.4, 0.5) is 10.5 Å². The van der Waals surface area contributed by atoms with Crippen LogP contribution >= 0.6 is 11.8 Å². The van der Waals surface area contributed by atoms with Gasteiger partial charge in [0.2, 0.25) is 5.91 Å². The Kier molecular flexibility index (Phi) is 11.3. The Morgan fingerprint density at radius 3 is 2.13 bits per heavy atom. The summed E-state index contributed by atoms with van der Waals surface area (Å²) < 4.78 is 10.6. The molecule has 2 atom stereocenters. The molecule has 0 heterocycles. The minimum atomic E-state index is -1.04. The van der Waals surface area contributed by atoms with E-state index in [1.165, 1.54) is 17.0 Å². The third-order valence-electron chi connectivity index (χ3n) is 5.50. The van der Waals surface area contributed by atoms with Crippen LogP contribution in [-0.2, 0) is 14.3 Å². The molecule has 3 N–H and O–H groups in total. The van der Waals surface area contributed by atoms with Gasteiger partial charge in [-0.3, -0.25) is 9.59 Å². The first-order chi connectivity index (χ1) is 17.9. The first kappa shape index (κ1) is 30.8. The highest BCUT2D eigenvalue weighted by Gasteiger charge is 2.37. The molecule has 38 heavy (non-hydrogen) atoms. The van der Waals surface area contributed by atoms with E-state index in [0.29, 0.717) is 29.2 Å². The number of hydrogen-bond acceptors (Lipinski definition) is 7. The smallest absolute Gasteiger partial charge is 0.408 e. The van der Waals surface area contributed by atoms with Crippen molar-refractivity contribution >= 4 is 35.4 Å². The first-order valence-corrected chi connectivity index (χ1v) is 13.8. The first-order valence-electron chi connectivity index (χ1n) is 12.4. The number of aromatic hydroxyl groups is 1. The van der Waals surface area contributed by atoms with Gasteiger partial charge in [0.15, 0.2) is 0 Å². The quantitative estimate of drug-likeness (QED) is 0.365. The standard InChI is InChI=1S/C28H39N3O6S/c1-18(2)31(26(34)23(16-17-38-7)30-27(35)37-28(3,4)5)24(19-8-12-21(32)13-9-19)25(33)29-20-10-14-22(36-6)15-11-20/h8-15,18,23-24,32H,16-17H2,1-7H3,(H,29,33)(H,30,35). The van der Waals surface area contributed by atoms with Crippen LogP contribution in [0.15, 0.2) is 48.5 Å². The van der Waals surface area contributed by atoms with Crippen molar-refractivity contribution in [2.75, 3.05) is 24.4 Å². The number of carbonyl (C=O) groups is 3. The lowest BCUT2D eigenvalue weighted by molar-refractivity contribution is -0.143. The number of anilines is 1. The molecule has 0 aliphatic rings. The number of alkyl carbamates (subject to hydrolysis) is 1. The molecular weight excluding hydrogens is 506 g/mol. The number of phenols is 1. The van der Waals surface area contributed by atoms with Crippen LogP contribution in [0, 0.1) is 0 Å². The predicted molar refractivity (Wildman–Crippen MR) is 151 cm³/mol. The maximum Gasteiger partial charge on any atom is 0.408 e. The number of amides is 3. The maximum atomic E-state index is 14.0. The molecule has 0 saturated carbocycles. The van der Waals surface area contributed by atoms with Crippen LogP contribution in [-0.4, -0.2) is 64.7 Å². The molecule has 0 saturated heterocycles. The van der Waals surface area contributed by atoms with E-state index < -0.39 is 41.6 Å². The summed E-state index contributed by atoms with van der Waals surface area (Å²) in [4.78, 5) is 41.8. The number of methoxy groups -OCH3 is 1. The molecule has 0 aromatic heterocycles. The van der Waals surface area contributed by atoms with Gasteiger partial charge in [0.25, 0.3) is 5.91 Å². The monoisotopic (exact) mass is 545 g/mol. The number of carbonyl (C=O) groups excluding carboxylic acids is 3. The van der Waals surface area contributed by atoms with Crippen LogP contribution in [0.25, 0.3) is 0 Å². The Labute approximate surface area is 229 Å². The fraction of sp³-hybridized carbons (Fsp3) is 0.464. The van der Waals surface area contributed by atoms with Gasteiger partial charge in [0, 0.05) is 11.7 Å². The van der Waals surface area contributed by atoms with Gasteiger partial charge in [0.1, 0.15) is 29.2 Å². The van der Waals surface area contributed by atoms with Crippen molar-refractivity contribution in [3.63, 3.8) is 0 Å². The fourth-order valence-corrected chi connectivity index (χ4v) is 4.25. The molecular formula is C28H39N3O6S. The molecule has 9 nitrogen and oxygen atoms in total. The third-order valence-corrected chi connectivity index (χ3v) is 6.15. The summed E-state index contributed by atoms with van der Waals surface area (Å²) in [5.41, 5.74) is 0.306. The van der Waals surface area contributed by atoms with E-state index in [9.17, 15) is 19.5 Å². The maximum absolute atomic E-state index is 14.0. The van der Waals surface area contributed by atoms with Gasteiger partial charge in [-0.25, -0.2) is 4.79 Å². The van der Waals surface area contributed by atoms with E-state index in [1.807, 2.05) is 20.1 Å². The number of benzene rings is 2. The number of thioether (sulfide) groups is 1. The van der Waals surface area contributed by atoms with E-state index in [2.05, 4.69) is 10.6 Å². The van der Waals surface area contributed by atoms with Gasteiger partial charge in [-0.2, -0.15) is 11.8 Å². The summed E-state index contributed by atoms with van der Waals surface area (Å²) in [6.45, 7) is 8.86. The van der Waals surface area contributed by atoms with Crippen molar-refractivity contribution < 1.29 is 29.0 Å². The number of ether oxygens (including phenoxy) is 2. The molecule has 2 unspecified atom stereocenters. The zero-order valence-electron chi connectivity index (χ0n) is 23.1. The summed E-state index contributed by atoms with van der Waals surface area (Å²) in [5, 5.41) is 15.4. The van der Waals surface area contributed by atoms with Crippen molar-refractivity contribution in [1.82, 2.24) is 10.2 Å². The molecule has 10 heteroatoms. The fourth-order valence-electron chi connectivity index (χ4n) is 3.78. The van der Waals surface area contributed by atoms with Crippen molar-refractivity contribution in [2.45, 2.75) is 64.8 Å². The van der Waals surface area contributed by atoms with E-state index in [0.717, 1.165) is 0 Å². The highest BCUT2D eigenvalue weighted by atomic mass is 32.2. The number of nitrogens with zero attached hydrogens (tertiary/aromatic N) is 1.